The van der Waals surface area contributed by atoms with Crippen LogP contribution in [-0.4, -0.2) is 19.0 Å². The Hall–Kier alpha value is -1.36. The lowest BCUT2D eigenvalue weighted by molar-refractivity contribution is -0.115. The van der Waals surface area contributed by atoms with Crippen LogP contribution in [-0.2, 0) is 11.2 Å². The zero-order valence-corrected chi connectivity index (χ0v) is 13.7. The van der Waals surface area contributed by atoms with Gasteiger partial charge in [0, 0.05) is 15.2 Å². The van der Waals surface area contributed by atoms with Crippen LogP contribution in [0, 0.1) is 0 Å². The molecule has 2 aromatic carbocycles. The number of anilines is 1. The molecule has 2 rings (SSSR count). The van der Waals surface area contributed by atoms with Crippen LogP contribution in [0.4, 0.5) is 5.69 Å². The van der Waals surface area contributed by atoms with Gasteiger partial charge in [0.2, 0.25) is 5.91 Å². The quantitative estimate of drug-likeness (QED) is 0.761. The van der Waals surface area contributed by atoms with E-state index in [0.717, 1.165) is 33.7 Å². The largest absolute Gasteiger partial charge is 0.325 e. The molecule has 0 saturated carbocycles. The average molecular weight is 368 g/mol. The van der Waals surface area contributed by atoms with Crippen LogP contribution in [0.1, 0.15) is 5.56 Å². The SMILES string of the molecule is O=C(CNCCc1cccc(Cl)c1)Nc1cccc(Br)c1. The molecule has 0 atom stereocenters. The first-order valence-corrected chi connectivity index (χ1v) is 7.81. The van der Waals surface area contributed by atoms with Crippen LogP contribution in [0.3, 0.4) is 0 Å². The molecule has 0 heterocycles. The van der Waals surface area contributed by atoms with Gasteiger partial charge in [-0.05, 0) is 48.9 Å². The molecule has 0 aromatic heterocycles. The maximum atomic E-state index is 11.8. The topological polar surface area (TPSA) is 41.1 Å². The van der Waals surface area contributed by atoms with Crippen molar-refractivity contribution in [3.63, 3.8) is 0 Å². The summed E-state index contributed by atoms with van der Waals surface area (Å²) in [5, 5.41) is 6.70. The molecule has 0 aliphatic carbocycles. The summed E-state index contributed by atoms with van der Waals surface area (Å²) in [7, 11) is 0. The van der Waals surface area contributed by atoms with Crippen molar-refractivity contribution in [2.24, 2.45) is 0 Å². The van der Waals surface area contributed by atoms with Crippen LogP contribution in [0.15, 0.2) is 53.0 Å². The summed E-state index contributed by atoms with van der Waals surface area (Å²) in [4.78, 5) is 11.8. The summed E-state index contributed by atoms with van der Waals surface area (Å²) in [5.41, 5.74) is 1.94. The third-order valence-electron chi connectivity index (χ3n) is 2.87. The Morgan fingerprint density at radius 1 is 1.14 bits per heavy atom. The molecule has 5 heteroatoms. The van der Waals surface area contributed by atoms with Crippen LogP contribution >= 0.6 is 27.5 Å². The van der Waals surface area contributed by atoms with E-state index in [-0.39, 0.29) is 12.5 Å². The molecule has 0 unspecified atom stereocenters. The highest BCUT2D eigenvalue weighted by atomic mass is 79.9. The molecule has 0 fully saturated rings. The van der Waals surface area contributed by atoms with Crippen LogP contribution in [0.2, 0.25) is 5.02 Å². The lowest BCUT2D eigenvalue weighted by Gasteiger charge is -2.07. The van der Waals surface area contributed by atoms with E-state index in [1.54, 1.807) is 0 Å². The lowest BCUT2D eigenvalue weighted by atomic mass is 10.1. The normalized spacial score (nSPS) is 10.4. The van der Waals surface area contributed by atoms with Crippen molar-refractivity contribution in [2.45, 2.75) is 6.42 Å². The molecular formula is C16H16BrClN2O. The van der Waals surface area contributed by atoms with Gasteiger partial charge < -0.3 is 10.6 Å². The molecule has 2 N–H and O–H groups in total. The molecule has 3 nitrogen and oxygen atoms in total. The number of nitrogens with one attached hydrogen (secondary N) is 2. The minimum atomic E-state index is -0.0563. The molecule has 21 heavy (non-hydrogen) atoms. The van der Waals surface area contributed by atoms with Crippen LogP contribution < -0.4 is 10.6 Å². The zero-order valence-electron chi connectivity index (χ0n) is 11.4. The van der Waals surface area contributed by atoms with Gasteiger partial charge in [-0.1, -0.05) is 45.7 Å². The molecule has 0 radical (unpaired) electrons. The van der Waals surface area contributed by atoms with Crippen molar-refractivity contribution in [3.8, 4) is 0 Å². The number of benzene rings is 2. The first-order chi connectivity index (χ1) is 10.1. The number of amides is 1. The van der Waals surface area contributed by atoms with Gasteiger partial charge in [0.15, 0.2) is 0 Å². The van der Waals surface area contributed by atoms with E-state index >= 15 is 0 Å². The Kier molecular flexibility index (Phi) is 6.23. The molecule has 1 amide bonds. The fourth-order valence-corrected chi connectivity index (χ4v) is 2.51. The predicted molar refractivity (Wildman–Crippen MR) is 90.8 cm³/mol. The van der Waals surface area contributed by atoms with Crippen molar-refractivity contribution >= 4 is 39.1 Å². The van der Waals surface area contributed by atoms with Crippen LogP contribution in [0.5, 0.6) is 0 Å². The Morgan fingerprint density at radius 2 is 1.95 bits per heavy atom. The van der Waals surface area contributed by atoms with Gasteiger partial charge in [-0.3, -0.25) is 4.79 Å². The molecular weight excluding hydrogens is 352 g/mol. The van der Waals surface area contributed by atoms with Crippen molar-refractivity contribution < 1.29 is 4.79 Å². The van der Waals surface area contributed by atoms with Gasteiger partial charge in [-0.2, -0.15) is 0 Å². The van der Waals surface area contributed by atoms with Gasteiger partial charge >= 0.3 is 0 Å². The highest BCUT2D eigenvalue weighted by Gasteiger charge is 2.02. The van der Waals surface area contributed by atoms with Gasteiger partial charge in [0.05, 0.1) is 6.54 Å². The van der Waals surface area contributed by atoms with Crippen molar-refractivity contribution in [1.82, 2.24) is 5.32 Å². The third-order valence-corrected chi connectivity index (χ3v) is 3.60. The monoisotopic (exact) mass is 366 g/mol. The summed E-state index contributed by atoms with van der Waals surface area (Å²) in [6.45, 7) is 1.01. The number of rotatable bonds is 6. The summed E-state index contributed by atoms with van der Waals surface area (Å²) < 4.78 is 0.939. The fraction of sp³-hybridized carbons (Fsp3) is 0.188. The number of halogens is 2. The van der Waals surface area contributed by atoms with Gasteiger partial charge in [0.1, 0.15) is 0 Å². The van der Waals surface area contributed by atoms with E-state index in [2.05, 4.69) is 26.6 Å². The third kappa shape index (κ3) is 5.87. The van der Waals surface area contributed by atoms with E-state index in [1.807, 2.05) is 48.5 Å². The second kappa shape index (κ2) is 8.17. The minimum Gasteiger partial charge on any atom is -0.325 e. The Balaban J connectivity index is 1.70. The summed E-state index contributed by atoms with van der Waals surface area (Å²) >= 11 is 9.29. The second-order valence-electron chi connectivity index (χ2n) is 4.62. The van der Waals surface area contributed by atoms with Gasteiger partial charge in [0.25, 0.3) is 0 Å². The summed E-state index contributed by atoms with van der Waals surface area (Å²) in [5.74, 6) is -0.0563. The average Bonchev–Trinajstić information content (AvgIpc) is 2.44. The van der Waals surface area contributed by atoms with E-state index in [1.165, 1.54) is 0 Å². The Morgan fingerprint density at radius 3 is 2.71 bits per heavy atom. The van der Waals surface area contributed by atoms with Crippen molar-refractivity contribution in [2.75, 3.05) is 18.4 Å². The highest BCUT2D eigenvalue weighted by molar-refractivity contribution is 9.10. The van der Waals surface area contributed by atoms with Crippen molar-refractivity contribution in [3.05, 3.63) is 63.6 Å². The summed E-state index contributed by atoms with van der Waals surface area (Å²) in [6.07, 6.45) is 0.838. The van der Waals surface area contributed by atoms with Crippen LogP contribution in [0.25, 0.3) is 0 Å². The van der Waals surface area contributed by atoms with E-state index < -0.39 is 0 Å². The molecule has 0 aliphatic heterocycles. The first kappa shape index (κ1) is 16.0. The van der Waals surface area contributed by atoms with Gasteiger partial charge in [-0.15, -0.1) is 0 Å². The smallest absolute Gasteiger partial charge is 0.238 e. The maximum absolute atomic E-state index is 11.8. The predicted octanol–water partition coefficient (Wildman–Crippen LogP) is 3.87. The molecule has 2 aromatic rings. The molecule has 0 saturated heterocycles. The second-order valence-corrected chi connectivity index (χ2v) is 5.97. The Labute approximate surface area is 137 Å². The molecule has 0 spiro atoms. The molecule has 0 aliphatic rings. The maximum Gasteiger partial charge on any atom is 0.238 e. The number of hydrogen-bond donors (Lipinski definition) is 2. The van der Waals surface area contributed by atoms with E-state index in [4.69, 9.17) is 11.6 Å². The number of carbonyl (C=O) groups is 1. The number of hydrogen-bond acceptors (Lipinski definition) is 2. The summed E-state index contributed by atoms with van der Waals surface area (Å²) in [6, 6.07) is 15.3. The first-order valence-electron chi connectivity index (χ1n) is 6.64. The standard InChI is InChI=1S/C16H16BrClN2O/c17-13-4-2-6-15(10-13)20-16(21)11-19-8-7-12-3-1-5-14(18)9-12/h1-6,9-10,19H,7-8,11H2,(H,20,21). The fourth-order valence-electron chi connectivity index (χ4n) is 1.90. The lowest BCUT2D eigenvalue weighted by Crippen LogP contribution is -2.29. The van der Waals surface area contributed by atoms with E-state index in [0.29, 0.717) is 0 Å². The molecule has 110 valence electrons. The number of carbonyl (C=O) groups excluding carboxylic acids is 1. The Bertz CT molecular complexity index is 619. The zero-order chi connectivity index (χ0) is 15.1. The highest BCUT2D eigenvalue weighted by Crippen LogP contribution is 2.15. The molecule has 0 bridgehead atoms. The van der Waals surface area contributed by atoms with Crippen molar-refractivity contribution in [1.29, 1.82) is 0 Å². The van der Waals surface area contributed by atoms with Gasteiger partial charge in [-0.25, -0.2) is 0 Å². The minimum absolute atomic E-state index is 0.0563. The van der Waals surface area contributed by atoms with E-state index in [9.17, 15) is 4.79 Å².